The van der Waals surface area contributed by atoms with E-state index in [4.69, 9.17) is 5.11 Å². The molecule has 0 aliphatic heterocycles. The first kappa shape index (κ1) is 13.5. The SMILES string of the molecule is O=C(Nc1cccc(C(=O)O)n1)c1ccc(I)cc1. The van der Waals surface area contributed by atoms with Crippen molar-refractivity contribution < 1.29 is 14.7 Å². The molecular weight excluding hydrogens is 359 g/mol. The first-order valence-corrected chi connectivity index (χ1v) is 6.41. The zero-order valence-corrected chi connectivity index (χ0v) is 11.8. The predicted molar refractivity (Wildman–Crippen MR) is 78.3 cm³/mol. The number of hydrogen-bond donors (Lipinski definition) is 2. The van der Waals surface area contributed by atoms with Crippen LogP contribution in [0.15, 0.2) is 42.5 Å². The number of rotatable bonds is 3. The van der Waals surface area contributed by atoms with Crippen LogP contribution in [0.1, 0.15) is 20.8 Å². The van der Waals surface area contributed by atoms with Gasteiger partial charge in [0.05, 0.1) is 0 Å². The van der Waals surface area contributed by atoms with E-state index in [-0.39, 0.29) is 17.4 Å². The Hall–Kier alpha value is -1.96. The van der Waals surface area contributed by atoms with E-state index in [1.165, 1.54) is 18.2 Å². The van der Waals surface area contributed by atoms with Gasteiger partial charge in [-0.1, -0.05) is 6.07 Å². The summed E-state index contributed by atoms with van der Waals surface area (Å²) in [5.41, 5.74) is 0.378. The van der Waals surface area contributed by atoms with Crippen LogP contribution in [0.3, 0.4) is 0 Å². The summed E-state index contributed by atoms with van der Waals surface area (Å²) >= 11 is 2.15. The summed E-state index contributed by atoms with van der Waals surface area (Å²) in [5.74, 6) is -1.25. The highest BCUT2D eigenvalue weighted by Crippen LogP contribution is 2.10. The largest absolute Gasteiger partial charge is 0.477 e. The van der Waals surface area contributed by atoms with Crippen LogP contribution in [-0.4, -0.2) is 22.0 Å². The van der Waals surface area contributed by atoms with Crippen molar-refractivity contribution in [2.24, 2.45) is 0 Å². The van der Waals surface area contributed by atoms with Crippen molar-refractivity contribution in [1.82, 2.24) is 4.98 Å². The monoisotopic (exact) mass is 368 g/mol. The van der Waals surface area contributed by atoms with Gasteiger partial charge in [0.25, 0.3) is 5.91 Å². The highest BCUT2D eigenvalue weighted by atomic mass is 127. The van der Waals surface area contributed by atoms with Gasteiger partial charge in [0.1, 0.15) is 5.82 Å². The van der Waals surface area contributed by atoms with Crippen molar-refractivity contribution in [3.05, 3.63) is 57.3 Å². The van der Waals surface area contributed by atoms with E-state index in [1.807, 2.05) is 12.1 Å². The number of benzene rings is 1. The molecule has 0 spiro atoms. The van der Waals surface area contributed by atoms with Crippen molar-refractivity contribution in [3.63, 3.8) is 0 Å². The van der Waals surface area contributed by atoms with Crippen LogP contribution in [0.2, 0.25) is 0 Å². The molecule has 2 aromatic rings. The number of carboxylic acids is 1. The fourth-order valence-electron chi connectivity index (χ4n) is 1.41. The minimum Gasteiger partial charge on any atom is -0.477 e. The number of pyridine rings is 1. The third-order valence-corrected chi connectivity index (χ3v) is 3.04. The minimum absolute atomic E-state index is 0.111. The molecule has 0 saturated heterocycles. The van der Waals surface area contributed by atoms with Crippen molar-refractivity contribution in [1.29, 1.82) is 0 Å². The van der Waals surface area contributed by atoms with Crippen LogP contribution in [0.25, 0.3) is 0 Å². The van der Waals surface area contributed by atoms with E-state index in [1.54, 1.807) is 12.1 Å². The number of nitrogens with one attached hydrogen (secondary N) is 1. The summed E-state index contributed by atoms with van der Waals surface area (Å²) in [4.78, 5) is 26.5. The first-order chi connectivity index (χ1) is 9.06. The normalized spacial score (nSPS) is 9.95. The Morgan fingerprint density at radius 3 is 2.42 bits per heavy atom. The molecule has 0 bridgehead atoms. The topological polar surface area (TPSA) is 79.3 Å². The molecule has 0 aliphatic rings. The first-order valence-electron chi connectivity index (χ1n) is 5.33. The number of hydrogen-bond acceptors (Lipinski definition) is 3. The molecule has 2 N–H and O–H groups in total. The van der Waals surface area contributed by atoms with E-state index in [0.717, 1.165) is 3.57 Å². The van der Waals surface area contributed by atoms with Gasteiger partial charge in [0.15, 0.2) is 5.69 Å². The van der Waals surface area contributed by atoms with E-state index in [2.05, 4.69) is 32.9 Å². The molecule has 1 aromatic carbocycles. The number of aromatic nitrogens is 1. The minimum atomic E-state index is -1.13. The van der Waals surface area contributed by atoms with Gasteiger partial charge in [-0.15, -0.1) is 0 Å². The number of halogens is 1. The van der Waals surface area contributed by atoms with Gasteiger partial charge in [0.2, 0.25) is 0 Å². The van der Waals surface area contributed by atoms with Gasteiger partial charge >= 0.3 is 5.97 Å². The summed E-state index contributed by atoms with van der Waals surface area (Å²) in [7, 11) is 0. The van der Waals surface area contributed by atoms with Crippen molar-refractivity contribution >= 4 is 40.3 Å². The maximum absolute atomic E-state index is 11.9. The van der Waals surface area contributed by atoms with E-state index >= 15 is 0 Å². The molecule has 0 radical (unpaired) electrons. The van der Waals surface area contributed by atoms with Gasteiger partial charge in [-0.2, -0.15) is 0 Å². The second kappa shape index (κ2) is 5.79. The lowest BCUT2D eigenvalue weighted by Gasteiger charge is -2.05. The van der Waals surface area contributed by atoms with Crippen molar-refractivity contribution in [2.45, 2.75) is 0 Å². The Labute approximate surface area is 122 Å². The average Bonchev–Trinajstić information content (AvgIpc) is 2.39. The summed E-state index contributed by atoms with van der Waals surface area (Å²) in [6.07, 6.45) is 0. The molecule has 2 rings (SSSR count). The smallest absolute Gasteiger partial charge is 0.354 e. The number of nitrogens with zero attached hydrogens (tertiary/aromatic N) is 1. The zero-order chi connectivity index (χ0) is 13.8. The van der Waals surface area contributed by atoms with E-state index in [9.17, 15) is 9.59 Å². The second-order valence-electron chi connectivity index (χ2n) is 3.67. The van der Waals surface area contributed by atoms with Crippen LogP contribution in [0.5, 0.6) is 0 Å². The summed E-state index contributed by atoms with van der Waals surface area (Å²) in [5, 5.41) is 11.4. The molecule has 19 heavy (non-hydrogen) atoms. The Balaban J connectivity index is 2.17. The van der Waals surface area contributed by atoms with Gasteiger partial charge in [-0.25, -0.2) is 9.78 Å². The Kier molecular flexibility index (Phi) is 4.10. The summed E-state index contributed by atoms with van der Waals surface area (Å²) in [6, 6.07) is 11.4. The fourth-order valence-corrected chi connectivity index (χ4v) is 1.77. The lowest BCUT2D eigenvalue weighted by Crippen LogP contribution is -2.14. The van der Waals surface area contributed by atoms with Crippen LogP contribution in [0, 0.1) is 3.57 Å². The Morgan fingerprint density at radius 2 is 1.79 bits per heavy atom. The summed E-state index contributed by atoms with van der Waals surface area (Å²) < 4.78 is 1.03. The number of aromatic carboxylic acids is 1. The molecule has 0 saturated carbocycles. The van der Waals surface area contributed by atoms with E-state index in [0.29, 0.717) is 5.56 Å². The van der Waals surface area contributed by atoms with Gasteiger partial charge in [-0.05, 0) is 59.0 Å². The number of carbonyl (C=O) groups is 2. The highest BCUT2D eigenvalue weighted by molar-refractivity contribution is 14.1. The molecule has 0 unspecified atom stereocenters. The zero-order valence-electron chi connectivity index (χ0n) is 9.63. The van der Waals surface area contributed by atoms with Crippen LogP contribution >= 0.6 is 22.6 Å². The number of anilines is 1. The van der Waals surface area contributed by atoms with Crippen LogP contribution < -0.4 is 5.32 Å². The third kappa shape index (κ3) is 3.50. The Bertz CT molecular complexity index is 626. The van der Waals surface area contributed by atoms with E-state index < -0.39 is 5.97 Å². The lowest BCUT2D eigenvalue weighted by atomic mass is 10.2. The molecule has 6 heteroatoms. The van der Waals surface area contributed by atoms with Gasteiger partial charge in [0, 0.05) is 9.13 Å². The standard InChI is InChI=1S/C13H9IN2O3/c14-9-6-4-8(5-7-9)12(17)16-11-3-1-2-10(15-11)13(18)19/h1-7H,(H,18,19)(H,15,16,17). The molecule has 1 amide bonds. The van der Waals surface area contributed by atoms with Gasteiger partial charge < -0.3 is 10.4 Å². The maximum atomic E-state index is 11.9. The predicted octanol–water partition coefficient (Wildman–Crippen LogP) is 2.64. The molecule has 1 aromatic heterocycles. The molecule has 1 heterocycles. The molecule has 0 aliphatic carbocycles. The highest BCUT2D eigenvalue weighted by Gasteiger charge is 2.09. The maximum Gasteiger partial charge on any atom is 0.354 e. The molecule has 0 fully saturated rings. The molecule has 96 valence electrons. The van der Waals surface area contributed by atoms with Crippen LogP contribution in [-0.2, 0) is 0 Å². The molecule has 5 nitrogen and oxygen atoms in total. The summed E-state index contributed by atoms with van der Waals surface area (Å²) in [6.45, 7) is 0. The Morgan fingerprint density at radius 1 is 1.11 bits per heavy atom. The number of carbonyl (C=O) groups excluding carboxylic acids is 1. The lowest BCUT2D eigenvalue weighted by molar-refractivity contribution is 0.0690. The van der Waals surface area contributed by atoms with Crippen LogP contribution in [0.4, 0.5) is 5.82 Å². The molecular formula is C13H9IN2O3. The van der Waals surface area contributed by atoms with Gasteiger partial charge in [-0.3, -0.25) is 4.79 Å². The quantitative estimate of drug-likeness (QED) is 0.817. The third-order valence-electron chi connectivity index (χ3n) is 2.32. The average molecular weight is 368 g/mol. The fraction of sp³-hybridized carbons (Fsp3) is 0. The second-order valence-corrected chi connectivity index (χ2v) is 4.92. The van der Waals surface area contributed by atoms with Crippen molar-refractivity contribution in [3.8, 4) is 0 Å². The van der Waals surface area contributed by atoms with Crippen molar-refractivity contribution in [2.75, 3.05) is 5.32 Å². The molecule has 0 atom stereocenters. The number of amides is 1. The number of carboxylic acid groups (broad SMARTS) is 1.